The van der Waals surface area contributed by atoms with E-state index in [9.17, 15) is 0 Å². The standard InChI is InChI=1S/C15H19NO/c1-3-4-14(16)7-5-12-6-8-15-13(10-12)9-11(2)17-15/h6,8,10-11,14H,3-4,9,16H2,1-2H3. The van der Waals surface area contributed by atoms with Gasteiger partial charge in [0.1, 0.15) is 11.9 Å². The van der Waals surface area contributed by atoms with Crippen molar-refractivity contribution >= 4 is 0 Å². The fourth-order valence-electron chi connectivity index (χ4n) is 2.06. The van der Waals surface area contributed by atoms with Gasteiger partial charge in [-0.05, 0) is 37.1 Å². The Kier molecular flexibility index (Phi) is 3.71. The highest BCUT2D eigenvalue weighted by Gasteiger charge is 2.18. The van der Waals surface area contributed by atoms with Crippen molar-refractivity contribution in [3.05, 3.63) is 29.3 Å². The second kappa shape index (κ2) is 5.25. The minimum absolute atomic E-state index is 0.0107. The van der Waals surface area contributed by atoms with Crippen molar-refractivity contribution in [2.45, 2.75) is 45.3 Å². The van der Waals surface area contributed by atoms with Gasteiger partial charge in [0, 0.05) is 12.0 Å². The Morgan fingerprint density at radius 2 is 2.35 bits per heavy atom. The number of hydrogen-bond donors (Lipinski definition) is 1. The molecule has 0 saturated carbocycles. The summed E-state index contributed by atoms with van der Waals surface area (Å²) in [5.74, 6) is 7.23. The van der Waals surface area contributed by atoms with Gasteiger partial charge in [-0.3, -0.25) is 0 Å². The van der Waals surface area contributed by atoms with E-state index < -0.39 is 0 Å². The molecule has 0 aromatic heterocycles. The van der Waals surface area contributed by atoms with E-state index in [1.807, 2.05) is 12.1 Å². The summed E-state index contributed by atoms with van der Waals surface area (Å²) in [5, 5.41) is 0. The molecule has 2 unspecified atom stereocenters. The monoisotopic (exact) mass is 229 g/mol. The topological polar surface area (TPSA) is 35.2 Å². The van der Waals surface area contributed by atoms with Gasteiger partial charge >= 0.3 is 0 Å². The first-order chi connectivity index (χ1) is 8.19. The second-order valence-corrected chi connectivity index (χ2v) is 4.62. The van der Waals surface area contributed by atoms with Crippen LogP contribution in [0.3, 0.4) is 0 Å². The minimum Gasteiger partial charge on any atom is -0.490 e. The lowest BCUT2D eigenvalue weighted by Gasteiger charge is -2.01. The van der Waals surface area contributed by atoms with Crippen molar-refractivity contribution in [1.82, 2.24) is 0 Å². The van der Waals surface area contributed by atoms with Gasteiger partial charge in [0.2, 0.25) is 0 Å². The number of rotatable bonds is 2. The average molecular weight is 229 g/mol. The van der Waals surface area contributed by atoms with Crippen LogP contribution < -0.4 is 10.5 Å². The number of benzene rings is 1. The molecule has 1 heterocycles. The largest absolute Gasteiger partial charge is 0.490 e. The molecule has 1 aromatic carbocycles. The highest BCUT2D eigenvalue weighted by atomic mass is 16.5. The minimum atomic E-state index is -0.0107. The fourth-order valence-corrected chi connectivity index (χ4v) is 2.06. The second-order valence-electron chi connectivity index (χ2n) is 4.62. The predicted molar refractivity (Wildman–Crippen MR) is 70.0 cm³/mol. The van der Waals surface area contributed by atoms with E-state index >= 15 is 0 Å². The molecule has 1 aromatic rings. The van der Waals surface area contributed by atoms with E-state index in [0.717, 1.165) is 30.6 Å². The molecule has 0 bridgehead atoms. The van der Waals surface area contributed by atoms with Crippen LogP contribution in [-0.4, -0.2) is 12.1 Å². The summed E-state index contributed by atoms with van der Waals surface area (Å²) >= 11 is 0. The quantitative estimate of drug-likeness (QED) is 0.791. The smallest absolute Gasteiger partial charge is 0.123 e. The van der Waals surface area contributed by atoms with Crippen LogP contribution in [-0.2, 0) is 6.42 Å². The van der Waals surface area contributed by atoms with Crippen LogP contribution in [0.15, 0.2) is 18.2 Å². The third-order valence-corrected chi connectivity index (χ3v) is 2.90. The maximum atomic E-state index is 5.87. The lowest BCUT2D eigenvalue weighted by Crippen LogP contribution is -2.16. The van der Waals surface area contributed by atoms with Crippen molar-refractivity contribution in [1.29, 1.82) is 0 Å². The van der Waals surface area contributed by atoms with Gasteiger partial charge in [0.05, 0.1) is 6.04 Å². The molecule has 2 rings (SSSR count). The number of hydrogen-bond acceptors (Lipinski definition) is 2. The van der Waals surface area contributed by atoms with Crippen molar-refractivity contribution in [3.8, 4) is 17.6 Å². The summed E-state index contributed by atoms with van der Waals surface area (Å²) in [7, 11) is 0. The van der Waals surface area contributed by atoms with Crippen LogP contribution >= 0.6 is 0 Å². The Balaban J connectivity index is 2.11. The Morgan fingerprint density at radius 1 is 1.53 bits per heavy atom. The average Bonchev–Trinajstić information content (AvgIpc) is 2.66. The Bertz CT molecular complexity index is 456. The van der Waals surface area contributed by atoms with Gasteiger partial charge in [-0.2, -0.15) is 0 Å². The number of fused-ring (bicyclic) bond motifs is 1. The Hall–Kier alpha value is -1.46. The van der Waals surface area contributed by atoms with Crippen molar-refractivity contribution < 1.29 is 4.74 Å². The maximum absolute atomic E-state index is 5.87. The van der Waals surface area contributed by atoms with Gasteiger partial charge in [0.15, 0.2) is 0 Å². The molecule has 0 radical (unpaired) electrons. The van der Waals surface area contributed by atoms with E-state index in [-0.39, 0.29) is 12.1 Å². The van der Waals surface area contributed by atoms with Gasteiger partial charge < -0.3 is 10.5 Å². The van der Waals surface area contributed by atoms with Crippen LogP contribution in [0.25, 0.3) is 0 Å². The summed E-state index contributed by atoms with van der Waals surface area (Å²) in [4.78, 5) is 0. The van der Waals surface area contributed by atoms with Gasteiger partial charge in [-0.15, -0.1) is 0 Å². The lowest BCUT2D eigenvalue weighted by atomic mass is 10.1. The molecule has 0 saturated heterocycles. The molecule has 0 fully saturated rings. The van der Waals surface area contributed by atoms with Crippen LogP contribution in [0.5, 0.6) is 5.75 Å². The highest BCUT2D eigenvalue weighted by Crippen LogP contribution is 2.29. The summed E-state index contributed by atoms with van der Waals surface area (Å²) in [5.41, 5.74) is 8.16. The SMILES string of the molecule is CCCC(N)C#Cc1ccc2c(c1)CC(C)O2. The van der Waals surface area contributed by atoms with E-state index in [4.69, 9.17) is 10.5 Å². The molecule has 2 nitrogen and oxygen atoms in total. The van der Waals surface area contributed by atoms with Gasteiger partial charge in [0.25, 0.3) is 0 Å². The summed E-state index contributed by atoms with van der Waals surface area (Å²) < 4.78 is 5.65. The molecule has 2 atom stereocenters. The molecule has 1 aliphatic rings. The van der Waals surface area contributed by atoms with Crippen LogP contribution in [0.1, 0.15) is 37.8 Å². The summed E-state index contributed by atoms with van der Waals surface area (Å²) in [6, 6.07) is 6.12. The van der Waals surface area contributed by atoms with E-state index in [0.29, 0.717) is 0 Å². The molecule has 0 aliphatic carbocycles. The molecule has 17 heavy (non-hydrogen) atoms. The highest BCUT2D eigenvalue weighted by molar-refractivity contribution is 5.46. The summed E-state index contributed by atoms with van der Waals surface area (Å²) in [6.07, 6.45) is 3.30. The molecule has 0 amide bonds. The fraction of sp³-hybridized carbons (Fsp3) is 0.467. The Morgan fingerprint density at radius 3 is 3.12 bits per heavy atom. The zero-order valence-electron chi connectivity index (χ0n) is 10.5. The first-order valence-corrected chi connectivity index (χ1v) is 6.25. The maximum Gasteiger partial charge on any atom is 0.123 e. The summed E-state index contributed by atoms with van der Waals surface area (Å²) in [6.45, 7) is 4.21. The van der Waals surface area contributed by atoms with E-state index in [1.165, 1.54) is 5.56 Å². The van der Waals surface area contributed by atoms with Crippen LogP contribution in [0, 0.1) is 11.8 Å². The molecular formula is C15H19NO. The molecule has 2 N–H and O–H groups in total. The molecule has 0 spiro atoms. The first kappa shape index (κ1) is 12.0. The molecular weight excluding hydrogens is 210 g/mol. The zero-order chi connectivity index (χ0) is 12.3. The third-order valence-electron chi connectivity index (χ3n) is 2.90. The van der Waals surface area contributed by atoms with Crippen LogP contribution in [0.4, 0.5) is 0 Å². The van der Waals surface area contributed by atoms with E-state index in [2.05, 4.69) is 31.8 Å². The van der Waals surface area contributed by atoms with Crippen molar-refractivity contribution in [2.24, 2.45) is 5.73 Å². The number of ether oxygens (including phenoxy) is 1. The Labute approximate surface area is 103 Å². The first-order valence-electron chi connectivity index (χ1n) is 6.25. The van der Waals surface area contributed by atoms with E-state index in [1.54, 1.807) is 0 Å². The van der Waals surface area contributed by atoms with Crippen LogP contribution in [0.2, 0.25) is 0 Å². The predicted octanol–water partition coefficient (Wildman–Crippen LogP) is 2.49. The van der Waals surface area contributed by atoms with Crippen molar-refractivity contribution in [3.63, 3.8) is 0 Å². The molecule has 1 aliphatic heterocycles. The number of nitrogens with two attached hydrogens (primary N) is 1. The zero-order valence-corrected chi connectivity index (χ0v) is 10.5. The van der Waals surface area contributed by atoms with Crippen molar-refractivity contribution in [2.75, 3.05) is 0 Å². The van der Waals surface area contributed by atoms with Gasteiger partial charge in [-0.25, -0.2) is 0 Å². The molecule has 2 heteroatoms. The lowest BCUT2D eigenvalue weighted by molar-refractivity contribution is 0.254. The normalized spacial score (nSPS) is 18.9. The molecule has 90 valence electrons. The van der Waals surface area contributed by atoms with Gasteiger partial charge in [-0.1, -0.05) is 25.2 Å². The third kappa shape index (κ3) is 3.01.